The highest BCUT2D eigenvalue weighted by Gasteiger charge is 2.28. The molecule has 0 aliphatic rings. The quantitative estimate of drug-likeness (QED) is 0.159. The number of ether oxygens (including phenoxy) is 3. The van der Waals surface area contributed by atoms with Crippen molar-refractivity contribution in [2.75, 3.05) is 34.0 Å². The minimum Gasteiger partial charge on any atom is -0.497 e. The first-order chi connectivity index (χ1) is 21.7. The van der Waals surface area contributed by atoms with Gasteiger partial charge in [-0.1, -0.05) is 32.3 Å². The maximum atomic E-state index is 14.2. The molecule has 13 heteroatoms. The van der Waals surface area contributed by atoms with Gasteiger partial charge in [0.2, 0.25) is 10.0 Å². The highest BCUT2D eigenvalue weighted by Crippen LogP contribution is 2.33. The van der Waals surface area contributed by atoms with Gasteiger partial charge in [-0.2, -0.15) is 4.31 Å². The number of imidazole rings is 1. The number of aromatic nitrogens is 4. The van der Waals surface area contributed by atoms with E-state index >= 15 is 0 Å². The number of sulfonamides is 1. The lowest BCUT2D eigenvalue weighted by atomic mass is 10.1. The first-order valence-corrected chi connectivity index (χ1v) is 16.7. The van der Waals surface area contributed by atoms with E-state index in [2.05, 4.69) is 16.9 Å². The summed E-state index contributed by atoms with van der Waals surface area (Å²) < 4.78 is 47.8. The Morgan fingerprint density at radius 2 is 1.80 bits per heavy atom. The molecule has 4 aromatic rings. The lowest BCUT2D eigenvalue weighted by Gasteiger charge is -2.24. The minimum atomic E-state index is -4.11. The first kappa shape index (κ1) is 33.9. The molecule has 4 rings (SSSR count). The zero-order valence-corrected chi connectivity index (χ0v) is 27.4. The number of methoxy groups -OCH3 is 2. The number of hydrogen-bond acceptors (Lipinski definition) is 9. The predicted octanol–water partition coefficient (Wildman–Crippen LogP) is 4.51. The van der Waals surface area contributed by atoms with E-state index in [1.807, 2.05) is 6.92 Å². The van der Waals surface area contributed by atoms with Crippen LogP contribution < -0.4 is 19.8 Å². The Hall–Kier alpha value is -3.94. The molecule has 2 aromatic carbocycles. The van der Waals surface area contributed by atoms with Crippen molar-refractivity contribution in [3.8, 4) is 28.6 Å². The number of fused-ring (bicyclic) bond motifs is 1. The fourth-order valence-electron chi connectivity index (χ4n) is 5.22. The van der Waals surface area contributed by atoms with E-state index < -0.39 is 10.0 Å². The van der Waals surface area contributed by atoms with Crippen molar-refractivity contribution in [2.45, 2.75) is 70.7 Å². The predicted molar refractivity (Wildman–Crippen MR) is 172 cm³/mol. The van der Waals surface area contributed by atoms with Crippen LogP contribution in [0.4, 0.5) is 0 Å². The van der Waals surface area contributed by atoms with E-state index in [1.165, 1.54) is 30.7 Å². The molecule has 0 aliphatic heterocycles. The van der Waals surface area contributed by atoms with E-state index in [9.17, 15) is 18.3 Å². The minimum absolute atomic E-state index is 0.00517. The monoisotopic (exact) mass is 641 g/mol. The molecular formula is C32H43N5O7S. The van der Waals surface area contributed by atoms with Crippen LogP contribution in [-0.4, -0.2) is 71.4 Å². The summed E-state index contributed by atoms with van der Waals surface area (Å²) in [6, 6.07) is 9.68. The summed E-state index contributed by atoms with van der Waals surface area (Å²) in [5.41, 5.74) is 1.51. The van der Waals surface area contributed by atoms with Crippen LogP contribution >= 0.6 is 0 Å². The number of benzene rings is 2. The Labute approximate surface area is 264 Å². The molecule has 0 bridgehead atoms. The highest BCUT2D eigenvalue weighted by atomic mass is 32.2. The van der Waals surface area contributed by atoms with Crippen molar-refractivity contribution in [3.63, 3.8) is 0 Å². The number of nitrogens with one attached hydrogen (secondary N) is 1. The molecule has 0 atom stereocenters. The molecule has 0 saturated carbocycles. The molecule has 0 radical (unpaired) electrons. The fourth-order valence-corrected chi connectivity index (χ4v) is 6.70. The summed E-state index contributed by atoms with van der Waals surface area (Å²) in [6.45, 7) is 5.94. The van der Waals surface area contributed by atoms with E-state index in [4.69, 9.17) is 19.3 Å². The van der Waals surface area contributed by atoms with Crippen LogP contribution in [0.3, 0.4) is 0 Å². The zero-order valence-electron chi connectivity index (χ0n) is 26.6. The SMILES string of the molecule is CCCCCCc1nc(C)c2c(=O)[nH]c(-c3cc(S(=O)(=O)N(CCCO)Cc4ccc(OC)cc4OC)ccc3OCC)nn12. The molecule has 2 aromatic heterocycles. The van der Waals surface area contributed by atoms with Crippen molar-refractivity contribution in [1.82, 2.24) is 23.9 Å². The number of rotatable bonds is 17. The fraction of sp³-hybridized carbons (Fsp3) is 0.469. The van der Waals surface area contributed by atoms with Crippen molar-refractivity contribution in [2.24, 2.45) is 0 Å². The van der Waals surface area contributed by atoms with Gasteiger partial charge in [-0.25, -0.2) is 17.9 Å². The van der Waals surface area contributed by atoms with Gasteiger partial charge in [0.25, 0.3) is 5.56 Å². The summed E-state index contributed by atoms with van der Waals surface area (Å²) in [4.78, 5) is 20.7. The molecule has 12 nitrogen and oxygen atoms in total. The summed E-state index contributed by atoms with van der Waals surface area (Å²) >= 11 is 0. The summed E-state index contributed by atoms with van der Waals surface area (Å²) in [6.07, 6.45) is 5.07. The second kappa shape index (κ2) is 15.4. The lowest BCUT2D eigenvalue weighted by molar-refractivity contribution is 0.267. The summed E-state index contributed by atoms with van der Waals surface area (Å²) in [5, 5.41) is 14.3. The Kier molecular flexibility index (Phi) is 11.6. The van der Waals surface area contributed by atoms with E-state index in [0.29, 0.717) is 58.4 Å². The standard InChI is InChI=1S/C32H43N5O7S/c1-6-8-9-10-12-29-33-22(3)30-32(39)34-31(35-37(29)30)26-20-25(15-16-27(26)44-7-2)45(40,41)36(17-11-18-38)21-23-13-14-24(42-4)19-28(23)43-5/h13-16,19-20,38H,6-12,17-18,21H2,1-5H3,(H,34,35,39). The van der Waals surface area contributed by atoms with Crippen LogP contribution in [0.5, 0.6) is 17.2 Å². The molecule has 2 N–H and O–H groups in total. The van der Waals surface area contributed by atoms with Gasteiger partial charge in [0.1, 0.15) is 23.1 Å². The smallest absolute Gasteiger partial charge is 0.277 e. The number of H-pyrrole nitrogens is 1. The van der Waals surface area contributed by atoms with Crippen LogP contribution in [0.25, 0.3) is 16.9 Å². The molecule has 0 spiro atoms. The van der Waals surface area contributed by atoms with Crippen LogP contribution in [0.15, 0.2) is 46.1 Å². The second-order valence-electron chi connectivity index (χ2n) is 10.7. The number of aromatic amines is 1. The van der Waals surface area contributed by atoms with Gasteiger partial charge in [0, 0.05) is 37.7 Å². The average molecular weight is 642 g/mol. The van der Waals surface area contributed by atoms with Gasteiger partial charge in [-0.3, -0.25) is 4.79 Å². The number of aryl methyl sites for hydroxylation is 2. The molecule has 244 valence electrons. The second-order valence-corrected chi connectivity index (χ2v) is 12.6. The summed E-state index contributed by atoms with van der Waals surface area (Å²) in [7, 11) is -1.06. The number of unbranched alkanes of at least 4 members (excludes halogenated alkanes) is 3. The van der Waals surface area contributed by atoms with E-state index in [0.717, 1.165) is 25.7 Å². The molecule has 45 heavy (non-hydrogen) atoms. The van der Waals surface area contributed by atoms with Gasteiger partial charge < -0.3 is 24.3 Å². The Morgan fingerprint density at radius 1 is 1.00 bits per heavy atom. The Morgan fingerprint density at radius 3 is 2.49 bits per heavy atom. The molecule has 0 unspecified atom stereocenters. The zero-order chi connectivity index (χ0) is 32.6. The van der Waals surface area contributed by atoms with Crippen molar-refractivity contribution in [1.29, 1.82) is 0 Å². The number of nitrogens with zero attached hydrogens (tertiary/aromatic N) is 4. The third kappa shape index (κ3) is 7.66. The van der Waals surface area contributed by atoms with Crippen LogP contribution in [-0.2, 0) is 23.0 Å². The van der Waals surface area contributed by atoms with Gasteiger partial charge >= 0.3 is 0 Å². The van der Waals surface area contributed by atoms with Gasteiger partial charge in [0.15, 0.2) is 11.3 Å². The van der Waals surface area contributed by atoms with Gasteiger partial charge in [-0.05, 0) is 51.0 Å². The largest absolute Gasteiger partial charge is 0.497 e. The van der Waals surface area contributed by atoms with Crippen LogP contribution in [0, 0.1) is 6.92 Å². The normalized spacial score (nSPS) is 11.8. The van der Waals surface area contributed by atoms with Crippen molar-refractivity contribution in [3.05, 3.63) is 63.8 Å². The summed E-state index contributed by atoms with van der Waals surface area (Å²) in [5.74, 6) is 2.27. The molecule has 2 heterocycles. The molecular weight excluding hydrogens is 598 g/mol. The average Bonchev–Trinajstić information content (AvgIpc) is 3.36. The van der Waals surface area contributed by atoms with Crippen LogP contribution in [0.2, 0.25) is 0 Å². The van der Waals surface area contributed by atoms with Gasteiger partial charge in [0.05, 0.1) is 37.0 Å². The Bertz CT molecular complexity index is 1770. The molecule has 0 amide bonds. The maximum absolute atomic E-state index is 14.2. The van der Waals surface area contributed by atoms with Crippen LogP contribution in [0.1, 0.15) is 63.0 Å². The molecule has 0 aliphatic carbocycles. The number of aliphatic hydroxyl groups excluding tert-OH is 1. The highest BCUT2D eigenvalue weighted by molar-refractivity contribution is 7.89. The molecule has 0 saturated heterocycles. The van der Waals surface area contributed by atoms with E-state index in [1.54, 1.807) is 35.7 Å². The van der Waals surface area contributed by atoms with E-state index in [-0.39, 0.29) is 42.4 Å². The van der Waals surface area contributed by atoms with Crippen molar-refractivity contribution < 1.29 is 27.7 Å². The van der Waals surface area contributed by atoms with Gasteiger partial charge in [-0.15, -0.1) is 5.10 Å². The number of aliphatic hydroxyl groups is 1. The maximum Gasteiger partial charge on any atom is 0.277 e. The first-order valence-electron chi connectivity index (χ1n) is 15.3. The van der Waals surface area contributed by atoms with Crippen molar-refractivity contribution >= 4 is 15.5 Å². The topological polar surface area (TPSA) is 148 Å². The lowest BCUT2D eigenvalue weighted by Crippen LogP contribution is -2.32. The number of hydrogen-bond donors (Lipinski definition) is 2. The molecule has 0 fully saturated rings. The third-order valence-electron chi connectivity index (χ3n) is 7.55. The third-order valence-corrected chi connectivity index (χ3v) is 9.39. The Balaban J connectivity index is 1.79.